The van der Waals surface area contributed by atoms with E-state index in [9.17, 15) is 0 Å². The molecular weight excluding hydrogens is 306 g/mol. The van der Waals surface area contributed by atoms with Crippen LogP contribution < -0.4 is 24.8 Å². The Kier molecular flexibility index (Phi) is 30.2. The van der Waals surface area contributed by atoms with Crippen molar-refractivity contribution in [3.8, 4) is 0 Å². The molecule has 0 aromatic heterocycles. The van der Waals surface area contributed by atoms with Crippen LogP contribution in [0.4, 0.5) is 0 Å². The van der Waals surface area contributed by atoms with E-state index in [0.29, 0.717) is 0 Å². The smallest absolute Gasteiger partial charge is 1.00 e. The van der Waals surface area contributed by atoms with Gasteiger partial charge in [-0.3, -0.25) is 0 Å². The summed E-state index contributed by atoms with van der Waals surface area (Å²) in [4.78, 5) is 0. The molecule has 0 spiro atoms. The van der Waals surface area contributed by atoms with E-state index < -0.39 is 0 Å². The number of halogens is 2. The summed E-state index contributed by atoms with van der Waals surface area (Å²) in [5, 5.41) is 0. The van der Waals surface area contributed by atoms with Crippen LogP contribution in [0.1, 0.15) is 65.2 Å². The largest absolute Gasteiger partial charge is 1.00 e. The van der Waals surface area contributed by atoms with Crippen LogP contribution in [0.2, 0.25) is 8.26 Å². The van der Waals surface area contributed by atoms with Gasteiger partial charge < -0.3 is 24.8 Å². The van der Waals surface area contributed by atoms with Gasteiger partial charge >= 0.3 is 96.7 Å². The molecular formula is C12H26Cl2Zr. The first-order valence-electron chi connectivity index (χ1n) is 6.12. The minimum Gasteiger partial charge on any atom is -1.00 e. The van der Waals surface area contributed by atoms with Crippen molar-refractivity contribution in [3.63, 3.8) is 0 Å². The standard InChI is InChI=1S/2C6H13.2ClH.Zr/c2*1-3-5-6-4-2;;;/h2*1,3-6H2,2H3;2*1H;/q;;;;+2/p-2. The molecule has 0 amide bonds. The monoisotopic (exact) mass is 330 g/mol. The molecule has 0 unspecified atom stereocenters. The van der Waals surface area contributed by atoms with Gasteiger partial charge in [-0.05, 0) is 0 Å². The topological polar surface area (TPSA) is 0 Å². The molecule has 0 aliphatic carbocycles. The van der Waals surface area contributed by atoms with Crippen molar-refractivity contribution in [2.75, 3.05) is 0 Å². The Bertz CT molecular complexity index is 79.7. The summed E-state index contributed by atoms with van der Waals surface area (Å²) in [5.74, 6) is 0. The molecule has 3 heteroatoms. The third-order valence-corrected chi connectivity index (χ3v) is 5.89. The zero-order valence-electron chi connectivity index (χ0n) is 10.3. The summed E-state index contributed by atoms with van der Waals surface area (Å²) >= 11 is 0.104. The van der Waals surface area contributed by atoms with Crippen molar-refractivity contribution >= 4 is 0 Å². The predicted molar refractivity (Wildman–Crippen MR) is 57.9 cm³/mol. The fraction of sp³-hybridized carbons (Fsp3) is 1.00. The van der Waals surface area contributed by atoms with Gasteiger partial charge in [0.05, 0.1) is 0 Å². The van der Waals surface area contributed by atoms with Gasteiger partial charge in [-0.1, -0.05) is 0 Å². The molecule has 0 radical (unpaired) electrons. The SMILES string of the molecule is CCCCC[CH2][Zr+2][CH2]CCCCC.[Cl-].[Cl-]. The first-order chi connectivity index (χ1) is 6.41. The summed E-state index contributed by atoms with van der Waals surface area (Å²) in [6, 6.07) is 0. The number of hydrogen-bond acceptors (Lipinski definition) is 0. The Labute approximate surface area is 121 Å². The third kappa shape index (κ3) is 21.3. The number of hydrogen-bond donors (Lipinski definition) is 0. The maximum Gasteiger partial charge on any atom is -1.00 e. The van der Waals surface area contributed by atoms with E-state index in [4.69, 9.17) is 0 Å². The first kappa shape index (κ1) is 21.7. The Balaban J connectivity index is -0.000000720. The molecule has 0 saturated carbocycles. The van der Waals surface area contributed by atoms with Crippen molar-refractivity contribution in [1.82, 2.24) is 0 Å². The van der Waals surface area contributed by atoms with E-state index in [1.807, 2.05) is 0 Å². The second kappa shape index (κ2) is 20.8. The normalized spacial score (nSPS) is 8.67. The Morgan fingerprint density at radius 2 is 1.00 bits per heavy atom. The van der Waals surface area contributed by atoms with Gasteiger partial charge in [-0.2, -0.15) is 0 Å². The van der Waals surface area contributed by atoms with Crippen molar-refractivity contribution < 1.29 is 48.0 Å². The molecule has 0 heterocycles. The number of unbranched alkanes of at least 4 members (excludes halogenated alkanes) is 6. The fourth-order valence-electron chi connectivity index (χ4n) is 1.48. The van der Waals surface area contributed by atoms with Crippen LogP contribution in [0.3, 0.4) is 0 Å². The van der Waals surface area contributed by atoms with Crippen molar-refractivity contribution in [3.05, 3.63) is 0 Å². The molecule has 0 atom stereocenters. The maximum atomic E-state index is 2.30. The minimum absolute atomic E-state index is 0. The van der Waals surface area contributed by atoms with Crippen LogP contribution in [0.5, 0.6) is 0 Å². The molecule has 0 rings (SSSR count). The number of rotatable bonds is 10. The second-order valence-corrected chi connectivity index (χ2v) is 7.56. The van der Waals surface area contributed by atoms with Gasteiger partial charge in [0, 0.05) is 0 Å². The van der Waals surface area contributed by atoms with Gasteiger partial charge in [0.2, 0.25) is 0 Å². The molecule has 0 nitrogen and oxygen atoms in total. The van der Waals surface area contributed by atoms with Crippen LogP contribution in [0.25, 0.3) is 0 Å². The predicted octanol–water partition coefficient (Wildman–Crippen LogP) is -0.926. The third-order valence-electron chi connectivity index (χ3n) is 2.41. The van der Waals surface area contributed by atoms with Crippen LogP contribution in [-0.2, 0) is 23.2 Å². The summed E-state index contributed by atoms with van der Waals surface area (Å²) < 4.78 is 3.30. The minimum atomic E-state index is 0. The fourth-order valence-corrected chi connectivity index (χ4v) is 4.55. The quantitative estimate of drug-likeness (QED) is 0.454. The summed E-state index contributed by atoms with van der Waals surface area (Å²) in [7, 11) is 0. The maximum absolute atomic E-state index is 2.30. The molecule has 0 N–H and O–H groups in total. The molecule has 0 bridgehead atoms. The Morgan fingerprint density at radius 3 is 1.33 bits per heavy atom. The van der Waals surface area contributed by atoms with E-state index in [-0.39, 0.29) is 48.0 Å². The molecule has 0 aliphatic rings. The van der Waals surface area contributed by atoms with Gasteiger partial charge in [0.25, 0.3) is 0 Å². The van der Waals surface area contributed by atoms with E-state index in [1.165, 1.54) is 38.5 Å². The Morgan fingerprint density at radius 1 is 0.600 bits per heavy atom. The van der Waals surface area contributed by atoms with Gasteiger partial charge in [-0.15, -0.1) is 0 Å². The summed E-state index contributed by atoms with van der Waals surface area (Å²) in [6.45, 7) is 4.59. The van der Waals surface area contributed by atoms with Crippen molar-refractivity contribution in [2.45, 2.75) is 73.5 Å². The van der Waals surface area contributed by atoms with Crippen molar-refractivity contribution in [1.29, 1.82) is 0 Å². The van der Waals surface area contributed by atoms with Gasteiger partial charge in [0.15, 0.2) is 0 Å². The van der Waals surface area contributed by atoms with Gasteiger partial charge in [0.1, 0.15) is 0 Å². The van der Waals surface area contributed by atoms with Crippen molar-refractivity contribution in [2.24, 2.45) is 0 Å². The zero-order valence-corrected chi connectivity index (χ0v) is 14.3. The van der Waals surface area contributed by atoms with Crippen LogP contribution in [0.15, 0.2) is 0 Å². The van der Waals surface area contributed by atoms with Gasteiger partial charge in [-0.25, -0.2) is 0 Å². The van der Waals surface area contributed by atoms with Crippen LogP contribution in [-0.4, -0.2) is 0 Å². The molecule has 0 aromatic rings. The Hall–Kier alpha value is 1.46. The molecule has 0 aliphatic heterocycles. The molecule has 92 valence electrons. The van der Waals surface area contributed by atoms with Crippen LogP contribution >= 0.6 is 0 Å². The zero-order chi connectivity index (χ0) is 9.78. The molecule has 15 heavy (non-hydrogen) atoms. The van der Waals surface area contributed by atoms with E-state index >= 15 is 0 Å². The van der Waals surface area contributed by atoms with E-state index in [0.717, 1.165) is 0 Å². The van der Waals surface area contributed by atoms with E-state index in [1.54, 1.807) is 21.1 Å². The molecule has 0 aromatic carbocycles. The second-order valence-electron chi connectivity index (χ2n) is 3.87. The molecule has 0 fully saturated rings. The summed E-state index contributed by atoms with van der Waals surface area (Å²) in [5.41, 5.74) is 0. The average Bonchev–Trinajstić information content (AvgIpc) is 2.16. The van der Waals surface area contributed by atoms with E-state index in [2.05, 4.69) is 13.8 Å². The summed E-state index contributed by atoms with van der Waals surface area (Å²) in [6.07, 6.45) is 11.8. The molecule has 0 saturated heterocycles. The first-order valence-corrected chi connectivity index (χ1v) is 9.60. The average molecular weight is 332 g/mol. The van der Waals surface area contributed by atoms with Crippen LogP contribution in [0, 0.1) is 0 Å².